The average Bonchev–Trinajstić information content (AvgIpc) is 1.86. The molecule has 32 valence electrons. The van der Waals surface area contributed by atoms with Crippen LogP contribution in [0.3, 0.4) is 0 Å². The van der Waals surface area contributed by atoms with Crippen LogP contribution in [0.2, 0.25) is 0 Å². The molecule has 1 heterocycles. The van der Waals surface area contributed by atoms with Crippen LogP contribution >= 0.6 is 0 Å². The van der Waals surface area contributed by atoms with E-state index in [1.54, 1.807) is 12.4 Å². The highest BCUT2D eigenvalue weighted by Gasteiger charge is 1.87. The Bertz CT molecular complexity index is 110. The lowest BCUT2D eigenvalue weighted by atomic mass is 10.6. The summed E-state index contributed by atoms with van der Waals surface area (Å²) in [4.78, 5) is 0. The largest absolute Gasteiger partial charge is 0.319 e. The Hall–Kier alpha value is -0.830. The summed E-state index contributed by atoms with van der Waals surface area (Å²) >= 11 is 0. The summed E-state index contributed by atoms with van der Waals surface area (Å²) in [5, 5.41) is 5.48. The van der Waals surface area contributed by atoms with Crippen molar-refractivity contribution in [1.82, 2.24) is 5.10 Å². The lowest BCUT2D eigenvalue weighted by molar-refractivity contribution is -0.451. The van der Waals surface area contributed by atoms with E-state index in [1.165, 1.54) is 0 Å². The zero-order valence-electron chi connectivity index (χ0n) is 3.36. The second-order valence-corrected chi connectivity index (χ2v) is 1.15. The Kier molecular flexibility index (Phi) is 0.617. The second-order valence-electron chi connectivity index (χ2n) is 1.15. The monoisotopic (exact) mass is 85.1 g/mol. The van der Waals surface area contributed by atoms with E-state index in [-0.39, 0.29) is 0 Å². The third-order valence-corrected chi connectivity index (χ3v) is 0.598. The van der Waals surface area contributed by atoms with Crippen molar-refractivity contribution >= 4 is 5.69 Å². The van der Waals surface area contributed by atoms with Gasteiger partial charge in [-0.2, -0.15) is 5.10 Å². The minimum Gasteiger partial charge on any atom is -0.319 e. The highest BCUT2D eigenvalue weighted by atomic mass is 15.1. The van der Waals surface area contributed by atoms with Gasteiger partial charge in [0.2, 0.25) is 5.69 Å². The van der Waals surface area contributed by atoms with E-state index in [1.807, 2.05) is 0 Å². The van der Waals surface area contributed by atoms with Crippen LogP contribution in [0.5, 0.6) is 0 Å². The van der Waals surface area contributed by atoms with E-state index in [2.05, 4.69) is 15.9 Å². The van der Waals surface area contributed by atoms with Gasteiger partial charge in [-0.05, 0) is 0 Å². The van der Waals surface area contributed by atoms with Gasteiger partial charge < -0.3 is 5.73 Å². The predicted molar refractivity (Wildman–Crippen MR) is 19.9 cm³/mol. The summed E-state index contributed by atoms with van der Waals surface area (Å²) in [5.41, 5.74) is 4.60. The van der Waals surface area contributed by atoms with Gasteiger partial charge in [-0.15, -0.1) is 5.10 Å². The van der Waals surface area contributed by atoms with Gasteiger partial charge in [0.05, 0.1) is 0 Å². The molecule has 0 saturated heterocycles. The maximum Gasteiger partial charge on any atom is 0.252 e. The highest BCUT2D eigenvalue weighted by molar-refractivity contribution is 5.13. The van der Waals surface area contributed by atoms with Crippen molar-refractivity contribution in [2.45, 2.75) is 0 Å². The number of rotatable bonds is 0. The van der Waals surface area contributed by atoms with Crippen LogP contribution in [0.4, 0.5) is 5.69 Å². The summed E-state index contributed by atoms with van der Waals surface area (Å²) < 4.78 is 0. The number of H-pyrrole nitrogens is 2. The van der Waals surface area contributed by atoms with E-state index in [0.717, 1.165) is 5.69 Å². The normalized spacial score (nSPS) is 8.83. The van der Waals surface area contributed by atoms with E-state index in [4.69, 9.17) is 0 Å². The average molecular weight is 85.1 g/mol. The lowest BCUT2D eigenvalue weighted by Crippen LogP contribution is -2.39. The molecule has 0 aromatic carbocycles. The molecule has 0 spiro atoms. The Morgan fingerprint density at radius 1 is 1.83 bits per heavy atom. The van der Waals surface area contributed by atoms with Crippen LogP contribution in [0.15, 0.2) is 12.4 Å². The van der Waals surface area contributed by atoms with Crippen LogP contribution in [0.1, 0.15) is 0 Å². The Morgan fingerprint density at radius 2 is 2.67 bits per heavy atom. The Labute approximate surface area is 35.2 Å². The van der Waals surface area contributed by atoms with E-state index in [9.17, 15) is 0 Å². The van der Waals surface area contributed by atoms with Gasteiger partial charge in [0.1, 0.15) is 6.20 Å². The molecule has 1 rings (SSSR count). The van der Waals surface area contributed by atoms with Gasteiger partial charge in [-0.1, -0.05) is 0 Å². The molecule has 0 saturated carbocycles. The highest BCUT2D eigenvalue weighted by Crippen LogP contribution is 1.80. The molecular formula is C3H7N3+2. The summed E-state index contributed by atoms with van der Waals surface area (Å²) in [6.07, 6.45) is 3.58. The molecule has 0 atom stereocenters. The molecular weight excluding hydrogens is 78.1 g/mol. The third kappa shape index (κ3) is 0.392. The molecule has 1 aromatic rings. The van der Waals surface area contributed by atoms with Crippen molar-refractivity contribution in [3.05, 3.63) is 12.4 Å². The fourth-order valence-corrected chi connectivity index (χ4v) is 0.310. The van der Waals surface area contributed by atoms with Crippen LogP contribution in [-0.4, -0.2) is 5.10 Å². The maximum absolute atomic E-state index is 3.62. The SMILES string of the molecule is [NH3+]c1c[nH][nH+]c1. The van der Waals surface area contributed by atoms with Crippen molar-refractivity contribution in [2.75, 3.05) is 0 Å². The number of aromatic amines is 2. The molecule has 0 aliphatic carbocycles. The number of hydrogen-bond donors (Lipinski definition) is 2. The standard InChI is InChI=1S/C3H5N3/c4-3-1-5-6-2-3/h1-2H,4H2,(H,5,6)/p+2. The predicted octanol–water partition coefficient (Wildman–Crippen LogP) is -1.30. The van der Waals surface area contributed by atoms with Crippen LogP contribution in [-0.2, 0) is 0 Å². The van der Waals surface area contributed by atoms with Gasteiger partial charge in [-0.3, -0.25) is 0 Å². The van der Waals surface area contributed by atoms with Crippen molar-refractivity contribution in [1.29, 1.82) is 0 Å². The first kappa shape index (κ1) is 3.36. The first-order chi connectivity index (χ1) is 2.89. The van der Waals surface area contributed by atoms with Crippen molar-refractivity contribution in [2.24, 2.45) is 0 Å². The fourth-order valence-electron chi connectivity index (χ4n) is 0.310. The molecule has 6 heavy (non-hydrogen) atoms. The molecule has 3 nitrogen and oxygen atoms in total. The number of quaternary nitrogens is 1. The molecule has 0 unspecified atom stereocenters. The fraction of sp³-hybridized carbons (Fsp3) is 0. The topological polar surface area (TPSA) is 57.6 Å². The van der Waals surface area contributed by atoms with Crippen molar-refractivity contribution in [3.8, 4) is 0 Å². The summed E-state index contributed by atoms with van der Waals surface area (Å²) in [5.74, 6) is 0. The summed E-state index contributed by atoms with van der Waals surface area (Å²) in [6.45, 7) is 0. The quantitative estimate of drug-likeness (QED) is 0.393. The van der Waals surface area contributed by atoms with Gasteiger partial charge in [0.25, 0.3) is 6.20 Å². The van der Waals surface area contributed by atoms with Crippen molar-refractivity contribution in [3.63, 3.8) is 0 Å². The smallest absolute Gasteiger partial charge is 0.252 e. The summed E-state index contributed by atoms with van der Waals surface area (Å²) in [7, 11) is 0. The third-order valence-electron chi connectivity index (χ3n) is 0.598. The number of aromatic nitrogens is 2. The number of hydrogen-bond acceptors (Lipinski definition) is 0. The van der Waals surface area contributed by atoms with E-state index < -0.39 is 0 Å². The number of nitrogens with one attached hydrogen (secondary N) is 2. The molecule has 0 fully saturated rings. The molecule has 0 aliphatic heterocycles. The Balaban J connectivity index is 3.05. The van der Waals surface area contributed by atoms with Gasteiger partial charge in [-0.25, -0.2) is 0 Å². The molecule has 1 aromatic heterocycles. The van der Waals surface area contributed by atoms with Gasteiger partial charge >= 0.3 is 0 Å². The van der Waals surface area contributed by atoms with Gasteiger partial charge in [0.15, 0.2) is 0 Å². The summed E-state index contributed by atoms with van der Waals surface area (Å²) in [6, 6.07) is 0. The molecule has 0 bridgehead atoms. The van der Waals surface area contributed by atoms with Gasteiger partial charge in [0, 0.05) is 0 Å². The second kappa shape index (κ2) is 1.10. The Morgan fingerprint density at radius 3 is 2.83 bits per heavy atom. The zero-order chi connectivity index (χ0) is 4.41. The minimum atomic E-state index is 0.981. The van der Waals surface area contributed by atoms with E-state index >= 15 is 0 Å². The first-order valence-corrected chi connectivity index (χ1v) is 1.76. The minimum absolute atomic E-state index is 0.981. The first-order valence-electron chi connectivity index (χ1n) is 1.76. The van der Waals surface area contributed by atoms with Crippen molar-refractivity contribution < 1.29 is 10.8 Å². The molecule has 3 heteroatoms. The molecule has 0 aliphatic rings. The maximum atomic E-state index is 3.62. The van der Waals surface area contributed by atoms with E-state index in [0.29, 0.717) is 0 Å². The molecule has 0 amide bonds. The zero-order valence-corrected chi connectivity index (χ0v) is 3.36. The lowest BCUT2D eigenvalue weighted by Gasteiger charge is -1.54. The molecule has 5 N–H and O–H groups in total. The van der Waals surface area contributed by atoms with Crippen LogP contribution < -0.4 is 10.8 Å². The van der Waals surface area contributed by atoms with Crippen LogP contribution in [0, 0.1) is 0 Å². The molecule has 0 radical (unpaired) electrons. The van der Waals surface area contributed by atoms with Crippen LogP contribution in [0.25, 0.3) is 0 Å².